The molecule has 3 N–H and O–H groups in total. The van der Waals surface area contributed by atoms with Crippen LogP contribution in [-0.4, -0.2) is 38.0 Å². The van der Waals surface area contributed by atoms with E-state index in [-0.39, 0.29) is 5.91 Å². The maximum Gasteiger partial charge on any atom is 0.263 e. The van der Waals surface area contributed by atoms with Gasteiger partial charge in [-0.1, -0.05) is 17.7 Å². The molecule has 0 aliphatic carbocycles. The van der Waals surface area contributed by atoms with E-state index in [1.54, 1.807) is 6.07 Å². The average molecular weight is 312 g/mol. The Morgan fingerprint density at radius 3 is 2.85 bits per heavy atom. The molecule has 2 rings (SSSR count). The zero-order chi connectivity index (χ0) is 14.7. The molecule has 0 saturated heterocycles. The summed E-state index contributed by atoms with van der Waals surface area (Å²) < 4.78 is 0.938. The predicted molar refractivity (Wildman–Crippen MR) is 86.8 cm³/mol. The van der Waals surface area contributed by atoms with Crippen LogP contribution < -0.4 is 11.1 Å². The van der Waals surface area contributed by atoms with Gasteiger partial charge in [-0.25, -0.2) is 0 Å². The maximum absolute atomic E-state index is 12.2. The number of benzene rings is 1. The van der Waals surface area contributed by atoms with Gasteiger partial charge in [0.2, 0.25) is 0 Å². The molecule has 1 heterocycles. The lowest BCUT2D eigenvalue weighted by Crippen LogP contribution is -2.27. The normalized spacial score (nSPS) is 11.2. The first-order valence-electron chi connectivity index (χ1n) is 6.40. The molecule has 0 bridgehead atoms. The molecule has 2 aromatic rings. The van der Waals surface area contributed by atoms with E-state index in [2.05, 4.69) is 10.2 Å². The number of fused-ring (bicyclic) bond motifs is 1. The van der Waals surface area contributed by atoms with Gasteiger partial charge in [-0.15, -0.1) is 11.3 Å². The SMILES string of the molecule is CN(C)CCCNC(=O)c1sc2cccc(Cl)c2c1N. The molecule has 1 aromatic heterocycles. The predicted octanol–water partition coefficient (Wildman–Crippen LogP) is 2.82. The van der Waals surface area contributed by atoms with E-state index in [0.717, 1.165) is 23.1 Å². The van der Waals surface area contributed by atoms with E-state index >= 15 is 0 Å². The second kappa shape index (κ2) is 6.43. The topological polar surface area (TPSA) is 58.4 Å². The summed E-state index contributed by atoms with van der Waals surface area (Å²) in [7, 11) is 4.02. The molecule has 0 aliphatic rings. The fourth-order valence-corrected chi connectivity index (χ4v) is 3.37. The Kier molecular flexibility index (Phi) is 4.86. The van der Waals surface area contributed by atoms with Crippen LogP contribution in [0.4, 0.5) is 5.69 Å². The molecule has 20 heavy (non-hydrogen) atoms. The number of carbonyl (C=O) groups is 1. The first kappa shape index (κ1) is 15.1. The van der Waals surface area contributed by atoms with Crippen LogP contribution in [0.25, 0.3) is 10.1 Å². The molecule has 0 aliphatic heterocycles. The number of nitrogens with zero attached hydrogens (tertiary/aromatic N) is 1. The fourth-order valence-electron chi connectivity index (χ4n) is 1.98. The lowest BCUT2D eigenvalue weighted by molar-refractivity contribution is 0.0957. The van der Waals surface area contributed by atoms with Gasteiger partial charge in [0, 0.05) is 16.6 Å². The van der Waals surface area contributed by atoms with Crippen LogP contribution in [0.2, 0.25) is 5.02 Å². The van der Waals surface area contributed by atoms with Crippen molar-refractivity contribution in [3.05, 3.63) is 28.1 Å². The molecule has 108 valence electrons. The number of halogens is 1. The van der Waals surface area contributed by atoms with Crippen molar-refractivity contribution in [1.29, 1.82) is 0 Å². The smallest absolute Gasteiger partial charge is 0.263 e. The van der Waals surface area contributed by atoms with Crippen molar-refractivity contribution in [2.45, 2.75) is 6.42 Å². The summed E-state index contributed by atoms with van der Waals surface area (Å²) in [5.41, 5.74) is 6.52. The summed E-state index contributed by atoms with van der Waals surface area (Å²) in [6.07, 6.45) is 0.907. The number of nitrogens with two attached hydrogens (primary N) is 1. The number of anilines is 1. The molecule has 4 nitrogen and oxygen atoms in total. The van der Waals surface area contributed by atoms with Crippen molar-refractivity contribution in [1.82, 2.24) is 10.2 Å². The highest BCUT2D eigenvalue weighted by Crippen LogP contribution is 2.37. The number of hydrogen-bond acceptors (Lipinski definition) is 4. The molecule has 0 unspecified atom stereocenters. The van der Waals surface area contributed by atoms with Crippen molar-refractivity contribution in [3.63, 3.8) is 0 Å². The van der Waals surface area contributed by atoms with Gasteiger partial charge in [0.05, 0.1) is 10.7 Å². The minimum absolute atomic E-state index is 0.126. The molecule has 1 amide bonds. The van der Waals surface area contributed by atoms with E-state index < -0.39 is 0 Å². The van der Waals surface area contributed by atoms with Crippen LogP contribution in [0.1, 0.15) is 16.1 Å². The van der Waals surface area contributed by atoms with Gasteiger partial charge in [0.15, 0.2) is 0 Å². The van der Waals surface area contributed by atoms with E-state index in [1.165, 1.54) is 11.3 Å². The standard InChI is InChI=1S/C14H18ClN3OS/c1-18(2)8-4-7-17-14(19)13-12(16)11-9(15)5-3-6-10(11)20-13/h3,5-6H,4,7-8,16H2,1-2H3,(H,17,19). The van der Waals surface area contributed by atoms with Gasteiger partial charge in [0.1, 0.15) is 4.88 Å². The summed E-state index contributed by atoms with van der Waals surface area (Å²) in [6, 6.07) is 5.57. The van der Waals surface area contributed by atoms with Gasteiger partial charge < -0.3 is 16.0 Å². The zero-order valence-electron chi connectivity index (χ0n) is 11.6. The van der Waals surface area contributed by atoms with Gasteiger partial charge >= 0.3 is 0 Å². The number of amides is 1. The second-order valence-electron chi connectivity index (χ2n) is 4.87. The number of nitrogen functional groups attached to an aromatic ring is 1. The molecule has 0 fully saturated rings. The highest BCUT2D eigenvalue weighted by Gasteiger charge is 2.17. The molecule has 1 aromatic carbocycles. The summed E-state index contributed by atoms with van der Waals surface area (Å²) in [4.78, 5) is 14.8. The Bertz CT molecular complexity index is 624. The Labute approximate surface area is 127 Å². The number of rotatable bonds is 5. The molecule has 0 radical (unpaired) electrons. The lowest BCUT2D eigenvalue weighted by atomic mass is 10.2. The van der Waals surface area contributed by atoms with Crippen LogP contribution in [0, 0.1) is 0 Å². The van der Waals surface area contributed by atoms with Gasteiger partial charge in [0.25, 0.3) is 5.91 Å². The molecular weight excluding hydrogens is 294 g/mol. The maximum atomic E-state index is 12.2. The van der Waals surface area contributed by atoms with Gasteiger partial charge in [-0.3, -0.25) is 4.79 Å². The van der Waals surface area contributed by atoms with Crippen LogP contribution in [0.5, 0.6) is 0 Å². The third kappa shape index (κ3) is 3.23. The largest absolute Gasteiger partial charge is 0.397 e. The fraction of sp³-hybridized carbons (Fsp3) is 0.357. The number of hydrogen-bond donors (Lipinski definition) is 2. The first-order valence-corrected chi connectivity index (χ1v) is 7.59. The molecule has 0 saturated carbocycles. The van der Waals surface area contributed by atoms with Gasteiger partial charge in [-0.05, 0) is 39.2 Å². The lowest BCUT2D eigenvalue weighted by Gasteiger charge is -2.09. The Hall–Kier alpha value is -1.30. The molecule has 0 spiro atoms. The number of nitrogens with one attached hydrogen (secondary N) is 1. The van der Waals surface area contributed by atoms with E-state index in [4.69, 9.17) is 17.3 Å². The Morgan fingerprint density at radius 2 is 2.20 bits per heavy atom. The van der Waals surface area contributed by atoms with E-state index in [0.29, 0.717) is 22.1 Å². The van der Waals surface area contributed by atoms with Crippen LogP contribution in [0.15, 0.2) is 18.2 Å². The number of thiophene rings is 1. The van der Waals surface area contributed by atoms with Crippen LogP contribution in [-0.2, 0) is 0 Å². The highest BCUT2D eigenvalue weighted by molar-refractivity contribution is 7.21. The first-order chi connectivity index (χ1) is 9.50. The molecular formula is C14H18ClN3OS. The third-order valence-corrected chi connectivity index (χ3v) is 4.46. The van der Waals surface area contributed by atoms with E-state index in [1.807, 2.05) is 26.2 Å². The summed E-state index contributed by atoms with van der Waals surface area (Å²) >= 11 is 7.51. The second-order valence-corrected chi connectivity index (χ2v) is 6.33. The highest BCUT2D eigenvalue weighted by atomic mass is 35.5. The van der Waals surface area contributed by atoms with Crippen molar-refractivity contribution in [3.8, 4) is 0 Å². The molecule has 6 heteroatoms. The minimum atomic E-state index is -0.126. The Morgan fingerprint density at radius 1 is 1.45 bits per heavy atom. The Balaban J connectivity index is 2.11. The summed E-state index contributed by atoms with van der Waals surface area (Å²) in [5.74, 6) is -0.126. The van der Waals surface area contributed by atoms with Gasteiger partial charge in [-0.2, -0.15) is 0 Å². The minimum Gasteiger partial charge on any atom is -0.397 e. The van der Waals surface area contributed by atoms with Crippen LogP contribution >= 0.6 is 22.9 Å². The van der Waals surface area contributed by atoms with Crippen LogP contribution in [0.3, 0.4) is 0 Å². The van der Waals surface area contributed by atoms with Crippen molar-refractivity contribution >= 4 is 44.6 Å². The van der Waals surface area contributed by atoms with E-state index in [9.17, 15) is 4.79 Å². The summed E-state index contributed by atoms with van der Waals surface area (Å²) in [6.45, 7) is 1.58. The van der Waals surface area contributed by atoms with Crippen molar-refractivity contribution < 1.29 is 4.79 Å². The quantitative estimate of drug-likeness (QED) is 0.835. The zero-order valence-corrected chi connectivity index (χ0v) is 13.1. The summed E-state index contributed by atoms with van der Waals surface area (Å²) in [5, 5.41) is 4.26. The van der Waals surface area contributed by atoms with Crippen molar-refractivity contribution in [2.75, 3.05) is 32.9 Å². The average Bonchev–Trinajstić information content (AvgIpc) is 2.73. The monoisotopic (exact) mass is 311 g/mol. The number of carbonyl (C=O) groups excluding carboxylic acids is 1. The van der Waals surface area contributed by atoms with Crippen molar-refractivity contribution in [2.24, 2.45) is 0 Å². The molecule has 0 atom stereocenters. The third-order valence-electron chi connectivity index (χ3n) is 2.98.